The monoisotopic (exact) mass is 531 g/mol. The number of non-ortho nitro benzene ring substituents is 1. The SMILES string of the molecule is CCCN1C(C)=C(C(=O)OC)C(c2cccc([N+](=O)[O-])c2)C(c2nc(CN(C)Cc3ccccc3)no2)=C1C. The highest BCUT2D eigenvalue weighted by molar-refractivity contribution is 5.96. The number of nitrogens with zero attached hydrogens (tertiary/aromatic N) is 5. The molecule has 0 aliphatic carbocycles. The third-order valence-electron chi connectivity index (χ3n) is 6.84. The van der Waals surface area contributed by atoms with Gasteiger partial charge >= 0.3 is 5.97 Å². The fourth-order valence-corrected chi connectivity index (χ4v) is 5.09. The average Bonchev–Trinajstić information content (AvgIpc) is 3.38. The molecule has 0 bridgehead atoms. The first-order chi connectivity index (χ1) is 18.7. The smallest absolute Gasteiger partial charge is 0.336 e. The lowest BCUT2D eigenvalue weighted by molar-refractivity contribution is -0.384. The highest BCUT2D eigenvalue weighted by Gasteiger charge is 2.40. The van der Waals surface area contributed by atoms with E-state index >= 15 is 0 Å². The molecule has 10 nitrogen and oxygen atoms in total. The van der Waals surface area contributed by atoms with Crippen LogP contribution in [0.3, 0.4) is 0 Å². The minimum Gasteiger partial charge on any atom is -0.466 e. The molecule has 1 unspecified atom stereocenters. The van der Waals surface area contributed by atoms with Crippen molar-refractivity contribution in [3.05, 3.63) is 105 Å². The van der Waals surface area contributed by atoms with Gasteiger partial charge in [0.25, 0.3) is 11.6 Å². The number of rotatable bonds is 10. The lowest BCUT2D eigenvalue weighted by Gasteiger charge is -2.37. The number of allylic oxidation sites excluding steroid dienone is 3. The summed E-state index contributed by atoms with van der Waals surface area (Å²) in [6.45, 7) is 7.68. The molecular formula is C29H33N5O5. The molecule has 204 valence electrons. The molecule has 3 aromatic rings. The maximum Gasteiger partial charge on any atom is 0.336 e. The average molecular weight is 532 g/mol. The van der Waals surface area contributed by atoms with Crippen molar-refractivity contribution >= 4 is 17.2 Å². The first kappa shape index (κ1) is 27.7. The zero-order chi connectivity index (χ0) is 28.1. The van der Waals surface area contributed by atoms with Crippen LogP contribution in [0, 0.1) is 10.1 Å². The third kappa shape index (κ3) is 5.91. The number of hydrogen-bond acceptors (Lipinski definition) is 9. The van der Waals surface area contributed by atoms with Crippen molar-refractivity contribution in [1.29, 1.82) is 0 Å². The van der Waals surface area contributed by atoms with Crippen molar-refractivity contribution in [2.45, 2.75) is 46.2 Å². The van der Waals surface area contributed by atoms with Gasteiger partial charge in [0.2, 0.25) is 0 Å². The summed E-state index contributed by atoms with van der Waals surface area (Å²) in [5.74, 6) is -0.449. The van der Waals surface area contributed by atoms with Gasteiger partial charge in [-0.1, -0.05) is 54.5 Å². The van der Waals surface area contributed by atoms with E-state index < -0.39 is 16.8 Å². The molecule has 0 saturated heterocycles. The van der Waals surface area contributed by atoms with Gasteiger partial charge in [-0.15, -0.1) is 0 Å². The Labute approximate surface area is 227 Å². The largest absolute Gasteiger partial charge is 0.466 e. The highest BCUT2D eigenvalue weighted by atomic mass is 16.6. The van der Waals surface area contributed by atoms with Crippen molar-refractivity contribution in [1.82, 2.24) is 19.9 Å². The lowest BCUT2D eigenvalue weighted by Crippen LogP contribution is -2.32. The summed E-state index contributed by atoms with van der Waals surface area (Å²) in [5.41, 5.74) is 4.23. The first-order valence-corrected chi connectivity index (χ1v) is 12.8. The molecule has 0 N–H and O–H groups in total. The molecule has 39 heavy (non-hydrogen) atoms. The topological polar surface area (TPSA) is 115 Å². The number of hydrogen-bond donors (Lipinski definition) is 0. The van der Waals surface area contributed by atoms with E-state index in [0.29, 0.717) is 42.2 Å². The zero-order valence-corrected chi connectivity index (χ0v) is 22.9. The fourth-order valence-electron chi connectivity index (χ4n) is 5.09. The predicted octanol–water partition coefficient (Wildman–Crippen LogP) is 5.30. The molecule has 0 radical (unpaired) electrons. The van der Waals surface area contributed by atoms with Crippen molar-refractivity contribution < 1.29 is 19.0 Å². The van der Waals surface area contributed by atoms with E-state index in [1.54, 1.807) is 12.1 Å². The van der Waals surface area contributed by atoms with Crippen molar-refractivity contribution in [2.75, 3.05) is 20.7 Å². The zero-order valence-electron chi connectivity index (χ0n) is 22.9. The van der Waals surface area contributed by atoms with E-state index in [-0.39, 0.29) is 11.6 Å². The van der Waals surface area contributed by atoms with Gasteiger partial charge in [0.15, 0.2) is 5.82 Å². The molecule has 1 aromatic heterocycles. The van der Waals surface area contributed by atoms with E-state index in [2.05, 4.69) is 29.1 Å². The van der Waals surface area contributed by atoms with Crippen LogP contribution in [0.5, 0.6) is 0 Å². The third-order valence-corrected chi connectivity index (χ3v) is 6.84. The van der Waals surface area contributed by atoms with Crippen LogP contribution in [0.2, 0.25) is 0 Å². The predicted molar refractivity (Wildman–Crippen MR) is 146 cm³/mol. The van der Waals surface area contributed by atoms with E-state index in [1.165, 1.54) is 24.8 Å². The number of methoxy groups -OCH3 is 1. The number of ether oxygens (including phenoxy) is 1. The number of nitro benzene ring substituents is 1. The summed E-state index contributed by atoms with van der Waals surface area (Å²) < 4.78 is 11.0. The Bertz CT molecular complexity index is 1410. The Kier molecular flexibility index (Phi) is 8.55. The maximum atomic E-state index is 13.2. The number of nitro groups is 1. The van der Waals surface area contributed by atoms with Gasteiger partial charge in [-0.2, -0.15) is 4.98 Å². The van der Waals surface area contributed by atoms with Crippen LogP contribution in [-0.4, -0.2) is 51.5 Å². The van der Waals surface area contributed by atoms with Crippen LogP contribution in [0.25, 0.3) is 5.57 Å². The van der Waals surface area contributed by atoms with E-state index in [4.69, 9.17) is 14.2 Å². The molecule has 2 aromatic carbocycles. The Morgan fingerprint density at radius 3 is 2.54 bits per heavy atom. The molecule has 1 aliphatic heterocycles. The van der Waals surface area contributed by atoms with Crippen molar-refractivity contribution in [3.8, 4) is 0 Å². The summed E-state index contributed by atoms with van der Waals surface area (Å²) in [6.07, 6.45) is 0.831. The summed E-state index contributed by atoms with van der Waals surface area (Å²) >= 11 is 0. The summed E-state index contributed by atoms with van der Waals surface area (Å²) in [4.78, 5) is 33.2. The van der Waals surface area contributed by atoms with E-state index in [9.17, 15) is 14.9 Å². The molecular weight excluding hydrogens is 498 g/mol. The Morgan fingerprint density at radius 2 is 1.87 bits per heavy atom. The number of esters is 1. The van der Waals surface area contributed by atoms with Gasteiger partial charge in [0.05, 0.1) is 30.1 Å². The van der Waals surface area contributed by atoms with Gasteiger partial charge in [-0.05, 0) is 38.4 Å². The second-order valence-electron chi connectivity index (χ2n) is 9.60. The molecule has 2 heterocycles. The summed E-state index contributed by atoms with van der Waals surface area (Å²) in [6, 6.07) is 16.4. The second-order valence-corrected chi connectivity index (χ2v) is 9.60. The van der Waals surface area contributed by atoms with Gasteiger partial charge in [0, 0.05) is 42.2 Å². The molecule has 1 aliphatic rings. The van der Waals surface area contributed by atoms with Gasteiger partial charge in [0.1, 0.15) is 0 Å². The number of carbonyl (C=O) groups excluding carboxylic acids is 1. The van der Waals surface area contributed by atoms with Crippen molar-refractivity contribution in [3.63, 3.8) is 0 Å². The highest BCUT2D eigenvalue weighted by Crippen LogP contribution is 2.47. The molecule has 1 atom stereocenters. The Balaban J connectivity index is 1.79. The fraction of sp³-hybridized carbons (Fsp3) is 0.345. The van der Waals surface area contributed by atoms with Crippen LogP contribution >= 0.6 is 0 Å². The number of benzene rings is 2. The normalized spacial score (nSPS) is 15.7. The lowest BCUT2D eigenvalue weighted by atomic mass is 9.79. The van der Waals surface area contributed by atoms with Crippen LogP contribution in [-0.2, 0) is 22.6 Å². The van der Waals surface area contributed by atoms with Crippen LogP contribution < -0.4 is 0 Å². The van der Waals surface area contributed by atoms with Gasteiger partial charge in [-0.25, -0.2) is 4.79 Å². The van der Waals surface area contributed by atoms with Crippen LogP contribution in [0.1, 0.15) is 56.0 Å². The molecule has 0 saturated carbocycles. The standard InChI is InChI=1S/C29H33N5O5/c1-6-15-33-19(2)25(28-30-24(31-39-28)18-32(4)17-21-11-8-7-9-12-21)27(26(20(33)3)29(35)38-5)22-13-10-14-23(16-22)34(36)37/h7-14,16,27H,6,15,17-18H2,1-5H3. The molecule has 10 heteroatoms. The van der Waals surface area contributed by atoms with Crippen molar-refractivity contribution in [2.24, 2.45) is 0 Å². The molecule has 4 rings (SSSR count). The van der Waals surface area contributed by atoms with Crippen LogP contribution in [0.15, 0.2) is 76.1 Å². The molecule has 0 amide bonds. The molecule has 0 spiro atoms. The van der Waals surface area contributed by atoms with Gasteiger partial charge < -0.3 is 14.2 Å². The minimum atomic E-state index is -0.694. The van der Waals surface area contributed by atoms with Crippen LogP contribution in [0.4, 0.5) is 5.69 Å². The maximum absolute atomic E-state index is 13.2. The summed E-state index contributed by atoms with van der Waals surface area (Å²) in [5, 5.41) is 15.8. The quantitative estimate of drug-likeness (QED) is 0.195. The Morgan fingerprint density at radius 1 is 1.13 bits per heavy atom. The number of aromatic nitrogens is 2. The second kappa shape index (κ2) is 12.0. The summed E-state index contributed by atoms with van der Waals surface area (Å²) in [7, 11) is 3.31. The first-order valence-electron chi connectivity index (χ1n) is 12.8. The van der Waals surface area contributed by atoms with E-state index in [0.717, 1.165) is 17.8 Å². The number of carbonyl (C=O) groups is 1. The Hall–Kier alpha value is -4.31. The van der Waals surface area contributed by atoms with Gasteiger partial charge in [-0.3, -0.25) is 15.0 Å². The molecule has 0 fully saturated rings. The minimum absolute atomic E-state index is 0.0730. The van der Waals surface area contributed by atoms with E-state index in [1.807, 2.05) is 44.0 Å².